The molecule has 0 fully saturated rings. The minimum absolute atomic E-state index is 0.991. The van der Waals surface area contributed by atoms with Gasteiger partial charge in [0.25, 0.3) is 0 Å². The molecule has 0 saturated carbocycles. The summed E-state index contributed by atoms with van der Waals surface area (Å²) in [5.74, 6) is 11.7. The molecule has 0 aliphatic heterocycles. The molecule has 0 atom stereocenters. The van der Waals surface area contributed by atoms with Gasteiger partial charge >= 0.3 is 0 Å². The van der Waals surface area contributed by atoms with Gasteiger partial charge in [0, 0.05) is 11.1 Å². The molecular weight excluding hydrogens is 193 g/mol. The average Bonchev–Trinajstić information content (AvgIpc) is 2.37. The highest BCUT2D eigenvalue weighted by atomic mass is 14.1. The topological polar surface area (TPSA) is 0 Å². The quantitative estimate of drug-likeness (QED) is 0.456. The Bertz CT molecular complexity index is 502. The summed E-state index contributed by atoms with van der Waals surface area (Å²) in [7, 11) is 0. The maximum absolute atomic E-state index is 2.99. The first kappa shape index (κ1) is 10.1. The summed E-state index contributed by atoms with van der Waals surface area (Å²) in [6.07, 6.45) is 0. The van der Waals surface area contributed by atoms with E-state index in [0.29, 0.717) is 0 Å². The van der Waals surface area contributed by atoms with Crippen LogP contribution in [-0.2, 0) is 0 Å². The van der Waals surface area contributed by atoms with Crippen LogP contribution in [0.5, 0.6) is 0 Å². The molecule has 0 aliphatic rings. The van der Waals surface area contributed by atoms with E-state index in [1.807, 2.05) is 60.7 Å². The Balaban J connectivity index is 2.09. The van der Waals surface area contributed by atoms with Crippen molar-refractivity contribution < 1.29 is 0 Å². The Morgan fingerprint density at radius 2 is 0.875 bits per heavy atom. The highest BCUT2D eigenvalue weighted by molar-refractivity contribution is 5.43. The van der Waals surface area contributed by atoms with Gasteiger partial charge in [0.05, 0.1) is 0 Å². The van der Waals surface area contributed by atoms with Crippen molar-refractivity contribution in [3.63, 3.8) is 0 Å². The van der Waals surface area contributed by atoms with Crippen molar-refractivity contribution in [1.82, 2.24) is 0 Å². The molecule has 0 aliphatic carbocycles. The maximum Gasteiger partial charge on any atom is 0.0255 e. The Morgan fingerprint density at radius 1 is 0.500 bits per heavy atom. The van der Waals surface area contributed by atoms with Crippen LogP contribution in [0.25, 0.3) is 0 Å². The molecule has 0 heterocycles. The predicted molar refractivity (Wildman–Crippen MR) is 66.6 cm³/mol. The molecule has 0 N–H and O–H groups in total. The lowest BCUT2D eigenvalue weighted by atomic mass is 10.2. The van der Waals surface area contributed by atoms with Crippen molar-refractivity contribution in [2.75, 3.05) is 0 Å². The number of rotatable bonds is 0. The predicted octanol–water partition coefficient (Wildman–Crippen LogP) is 3.09. The zero-order chi connectivity index (χ0) is 11.1. The summed E-state index contributed by atoms with van der Waals surface area (Å²) in [5, 5.41) is 0. The van der Waals surface area contributed by atoms with E-state index in [2.05, 4.69) is 23.7 Å². The van der Waals surface area contributed by atoms with Gasteiger partial charge in [0.2, 0.25) is 0 Å². The number of benzene rings is 2. The van der Waals surface area contributed by atoms with Crippen LogP contribution >= 0.6 is 0 Å². The number of hydrogen-bond acceptors (Lipinski definition) is 0. The molecule has 0 radical (unpaired) electrons. The van der Waals surface area contributed by atoms with Crippen LogP contribution in [0, 0.1) is 23.7 Å². The summed E-state index contributed by atoms with van der Waals surface area (Å²) >= 11 is 0. The summed E-state index contributed by atoms with van der Waals surface area (Å²) in [5.41, 5.74) is 1.98. The summed E-state index contributed by atoms with van der Waals surface area (Å²) in [6.45, 7) is 0. The Morgan fingerprint density at radius 3 is 1.25 bits per heavy atom. The van der Waals surface area contributed by atoms with Crippen molar-refractivity contribution in [2.45, 2.75) is 0 Å². The third kappa shape index (κ3) is 3.05. The second-order valence-corrected chi connectivity index (χ2v) is 3.23. The van der Waals surface area contributed by atoms with Gasteiger partial charge in [-0.05, 0) is 36.1 Å². The largest absolute Gasteiger partial charge is 0.0622 e. The molecule has 2 rings (SSSR count). The van der Waals surface area contributed by atoms with Gasteiger partial charge in [-0.3, -0.25) is 0 Å². The van der Waals surface area contributed by atoms with E-state index in [4.69, 9.17) is 0 Å². The lowest BCUT2D eigenvalue weighted by Crippen LogP contribution is -1.71. The summed E-state index contributed by atoms with van der Waals surface area (Å²) in [4.78, 5) is 0. The molecule has 0 heteroatoms. The van der Waals surface area contributed by atoms with Crippen molar-refractivity contribution in [1.29, 1.82) is 0 Å². The minimum Gasteiger partial charge on any atom is -0.0622 e. The first-order chi connectivity index (χ1) is 7.95. The first-order valence-corrected chi connectivity index (χ1v) is 5.07. The fraction of sp³-hybridized carbons (Fsp3) is 0. The zero-order valence-corrected chi connectivity index (χ0v) is 8.77. The molecule has 2 aromatic carbocycles. The minimum atomic E-state index is 0.991. The van der Waals surface area contributed by atoms with Crippen LogP contribution in [-0.4, -0.2) is 0 Å². The van der Waals surface area contributed by atoms with Crippen molar-refractivity contribution in [3.05, 3.63) is 71.8 Å². The molecule has 0 unspecified atom stereocenters. The van der Waals surface area contributed by atoms with Gasteiger partial charge in [-0.2, -0.15) is 0 Å². The second kappa shape index (κ2) is 5.44. The lowest BCUT2D eigenvalue weighted by molar-refractivity contribution is 1.65. The van der Waals surface area contributed by atoms with Crippen molar-refractivity contribution in [3.8, 4) is 23.7 Å². The smallest absolute Gasteiger partial charge is 0.0255 e. The van der Waals surface area contributed by atoms with E-state index >= 15 is 0 Å². The second-order valence-electron chi connectivity index (χ2n) is 3.23. The van der Waals surface area contributed by atoms with E-state index in [-0.39, 0.29) is 0 Å². The zero-order valence-electron chi connectivity index (χ0n) is 8.77. The summed E-state index contributed by atoms with van der Waals surface area (Å²) in [6, 6.07) is 19.7. The van der Waals surface area contributed by atoms with E-state index in [1.54, 1.807) is 0 Å². The van der Waals surface area contributed by atoms with Crippen LogP contribution in [0.4, 0.5) is 0 Å². The van der Waals surface area contributed by atoms with Crippen molar-refractivity contribution >= 4 is 0 Å². The molecule has 16 heavy (non-hydrogen) atoms. The monoisotopic (exact) mass is 203 g/mol. The van der Waals surface area contributed by atoms with E-state index < -0.39 is 0 Å². The van der Waals surface area contributed by atoms with Gasteiger partial charge < -0.3 is 0 Å². The Labute approximate surface area is 95.9 Å². The van der Waals surface area contributed by atoms with Crippen LogP contribution in [0.15, 0.2) is 60.7 Å². The molecule has 0 saturated heterocycles. The van der Waals surface area contributed by atoms with Crippen molar-refractivity contribution in [2.24, 2.45) is 0 Å². The third-order valence-electron chi connectivity index (χ3n) is 2.02. The van der Waals surface area contributed by atoms with E-state index in [1.165, 1.54) is 0 Å². The molecular formula is C16H10. The fourth-order valence-electron chi connectivity index (χ4n) is 1.25. The molecule has 0 bridgehead atoms. The average molecular weight is 203 g/mol. The molecule has 0 amide bonds. The number of hydrogen-bond donors (Lipinski definition) is 0. The normalized spacial score (nSPS) is 8.25. The molecule has 2 aromatic rings. The third-order valence-corrected chi connectivity index (χ3v) is 2.02. The molecule has 74 valence electrons. The Hall–Kier alpha value is -2.44. The van der Waals surface area contributed by atoms with Gasteiger partial charge in [-0.25, -0.2) is 0 Å². The van der Waals surface area contributed by atoms with Crippen LogP contribution in [0.1, 0.15) is 11.1 Å². The molecule has 0 nitrogen and oxygen atoms in total. The molecule has 0 spiro atoms. The van der Waals surface area contributed by atoms with Gasteiger partial charge in [-0.1, -0.05) is 48.2 Å². The van der Waals surface area contributed by atoms with E-state index in [0.717, 1.165) is 11.1 Å². The van der Waals surface area contributed by atoms with Gasteiger partial charge in [0.1, 0.15) is 0 Å². The SMILES string of the molecule is C(#Cc1ccccc1)C#[13C]c1ccccc1. The molecule has 0 aromatic heterocycles. The Kier molecular flexibility index (Phi) is 3.43. The summed E-state index contributed by atoms with van der Waals surface area (Å²) < 4.78 is 0. The van der Waals surface area contributed by atoms with Crippen LogP contribution < -0.4 is 0 Å². The lowest BCUT2D eigenvalue weighted by Gasteiger charge is -1.84. The van der Waals surface area contributed by atoms with Gasteiger partial charge in [0.15, 0.2) is 0 Å². The highest BCUT2D eigenvalue weighted by Crippen LogP contribution is 1.95. The van der Waals surface area contributed by atoms with Crippen LogP contribution in [0.3, 0.4) is 0 Å². The van der Waals surface area contributed by atoms with E-state index in [9.17, 15) is 0 Å². The standard InChI is InChI=1S/C16H10/c1-3-9-15(10-4-1)13-7-8-14-16-11-5-2-6-12-16/h1-6,9-12H/i13+1. The van der Waals surface area contributed by atoms with Gasteiger partial charge in [-0.15, -0.1) is 0 Å². The maximum atomic E-state index is 2.99. The van der Waals surface area contributed by atoms with Crippen LogP contribution in [0.2, 0.25) is 0 Å². The fourth-order valence-corrected chi connectivity index (χ4v) is 1.25. The highest BCUT2D eigenvalue weighted by Gasteiger charge is 1.80. The first-order valence-electron chi connectivity index (χ1n) is 5.07.